The van der Waals surface area contributed by atoms with E-state index in [1.165, 1.54) is 30.4 Å². The van der Waals surface area contributed by atoms with Crippen LogP contribution < -0.4 is 15.4 Å². The highest BCUT2D eigenvalue weighted by atomic mass is 35.5. The molecule has 1 aromatic carbocycles. The van der Waals surface area contributed by atoms with Crippen LogP contribution in [0.15, 0.2) is 36.4 Å². The normalized spacial score (nSPS) is 12.1. The number of amides is 1. The fraction of sp³-hybridized carbons (Fsp3) is 0.300. The first-order valence-electron chi connectivity index (χ1n) is 9.43. The number of pyridine rings is 1. The molecule has 1 heterocycles. The van der Waals surface area contributed by atoms with Crippen LogP contribution in [0, 0.1) is 0 Å². The molecule has 0 bridgehead atoms. The Bertz CT molecular complexity index is 1110. The third kappa shape index (κ3) is 8.04. The molecule has 0 saturated carbocycles. The maximum absolute atomic E-state index is 12.9. The van der Waals surface area contributed by atoms with Crippen molar-refractivity contribution in [3.63, 3.8) is 0 Å². The fourth-order valence-electron chi connectivity index (χ4n) is 2.51. The number of carbonyl (C=O) groups excluding carboxylic acids is 1. The first-order chi connectivity index (χ1) is 14.9. The maximum Gasteiger partial charge on any atom is 0.433 e. The average molecular weight is 491 g/mol. The van der Waals surface area contributed by atoms with E-state index in [1.54, 1.807) is 6.07 Å². The van der Waals surface area contributed by atoms with Crippen LogP contribution in [0.4, 0.5) is 24.7 Å². The molecule has 3 N–H and O–H groups in total. The molecule has 0 aliphatic rings. The molecule has 0 unspecified atom stereocenters. The molecule has 0 aliphatic carbocycles. The zero-order chi connectivity index (χ0) is 23.9. The number of anilines is 2. The fourth-order valence-corrected chi connectivity index (χ4v) is 3.40. The van der Waals surface area contributed by atoms with Gasteiger partial charge in [0.1, 0.15) is 11.5 Å². The number of nitrogens with zero attached hydrogens (tertiary/aromatic N) is 1. The molecule has 2 rings (SSSR count). The summed E-state index contributed by atoms with van der Waals surface area (Å²) in [5, 5.41) is 5.61. The molecule has 0 atom stereocenters. The number of rotatable bonds is 9. The Labute approximate surface area is 189 Å². The molecule has 0 fully saturated rings. The van der Waals surface area contributed by atoms with Crippen molar-refractivity contribution in [3.05, 3.63) is 58.3 Å². The van der Waals surface area contributed by atoms with Gasteiger partial charge >= 0.3 is 6.18 Å². The highest BCUT2D eigenvalue weighted by Gasteiger charge is 2.32. The Hall–Kier alpha value is -2.79. The van der Waals surface area contributed by atoms with Gasteiger partial charge in [0.05, 0.1) is 17.0 Å². The SMILES string of the molecule is CCCNc1nc(C(F)(F)F)ccc1C=CC(=O)NCc1ccc(NS(C)(=O)=O)c(Cl)c1. The van der Waals surface area contributed by atoms with E-state index in [-0.39, 0.29) is 23.1 Å². The predicted octanol–water partition coefficient (Wildman–Crippen LogP) is 4.28. The van der Waals surface area contributed by atoms with E-state index < -0.39 is 27.8 Å². The minimum absolute atomic E-state index is 0.0338. The number of aromatic nitrogens is 1. The summed E-state index contributed by atoms with van der Waals surface area (Å²) in [6.45, 7) is 2.39. The number of alkyl halides is 3. The third-order valence-electron chi connectivity index (χ3n) is 3.97. The van der Waals surface area contributed by atoms with Crippen molar-refractivity contribution in [1.82, 2.24) is 10.3 Å². The molecular formula is C20H22ClF3N4O3S. The van der Waals surface area contributed by atoms with E-state index in [0.29, 0.717) is 24.1 Å². The number of sulfonamides is 1. The van der Waals surface area contributed by atoms with Gasteiger partial charge in [0, 0.05) is 24.7 Å². The average Bonchev–Trinajstić information content (AvgIpc) is 2.69. The van der Waals surface area contributed by atoms with Crippen LogP contribution in [0.2, 0.25) is 5.02 Å². The smallest absolute Gasteiger partial charge is 0.370 e. The van der Waals surface area contributed by atoms with Crippen LogP contribution in [0.5, 0.6) is 0 Å². The Morgan fingerprint density at radius 1 is 1.22 bits per heavy atom. The standard InChI is InChI=1S/C20H22ClF3N4O3S/c1-3-10-25-19-14(5-8-17(27-19)20(22,23)24)6-9-18(29)26-12-13-4-7-16(15(21)11-13)28-32(2,30)31/h4-9,11,28H,3,10,12H2,1-2H3,(H,25,27)(H,26,29). The Morgan fingerprint density at radius 2 is 1.94 bits per heavy atom. The molecule has 1 aromatic heterocycles. The second-order valence-corrected chi connectivity index (χ2v) is 8.95. The van der Waals surface area contributed by atoms with Gasteiger partial charge in [0.25, 0.3) is 0 Å². The summed E-state index contributed by atoms with van der Waals surface area (Å²) in [4.78, 5) is 15.8. The van der Waals surface area contributed by atoms with Crippen molar-refractivity contribution in [2.45, 2.75) is 26.1 Å². The van der Waals surface area contributed by atoms with Crippen molar-refractivity contribution >= 4 is 45.1 Å². The highest BCUT2D eigenvalue weighted by Crippen LogP contribution is 2.30. The molecule has 7 nitrogen and oxygen atoms in total. The minimum Gasteiger partial charge on any atom is -0.370 e. The van der Waals surface area contributed by atoms with Gasteiger partial charge in [-0.05, 0) is 42.3 Å². The Kier molecular flexibility index (Phi) is 8.51. The summed E-state index contributed by atoms with van der Waals surface area (Å²) in [5.41, 5.74) is 0.146. The summed E-state index contributed by atoms with van der Waals surface area (Å²) in [6.07, 6.45) is -0.340. The summed E-state index contributed by atoms with van der Waals surface area (Å²) < 4.78 is 63.6. The third-order valence-corrected chi connectivity index (χ3v) is 4.87. The summed E-state index contributed by atoms with van der Waals surface area (Å²) >= 11 is 6.05. The lowest BCUT2D eigenvalue weighted by Crippen LogP contribution is -2.20. The topological polar surface area (TPSA) is 100 Å². The predicted molar refractivity (Wildman–Crippen MR) is 119 cm³/mol. The first-order valence-corrected chi connectivity index (χ1v) is 11.7. The lowest BCUT2D eigenvalue weighted by atomic mass is 10.2. The lowest BCUT2D eigenvalue weighted by Gasteiger charge is -2.12. The van der Waals surface area contributed by atoms with Crippen LogP contribution in [-0.2, 0) is 27.5 Å². The summed E-state index contributed by atoms with van der Waals surface area (Å²) in [6, 6.07) is 6.66. The van der Waals surface area contributed by atoms with Crippen LogP contribution in [0.1, 0.15) is 30.2 Å². The van der Waals surface area contributed by atoms with Gasteiger partial charge in [-0.3, -0.25) is 9.52 Å². The van der Waals surface area contributed by atoms with E-state index >= 15 is 0 Å². The van der Waals surface area contributed by atoms with Gasteiger partial charge < -0.3 is 10.6 Å². The largest absolute Gasteiger partial charge is 0.433 e. The number of hydrogen-bond donors (Lipinski definition) is 3. The molecule has 0 spiro atoms. The van der Waals surface area contributed by atoms with Gasteiger partial charge in [-0.2, -0.15) is 13.2 Å². The lowest BCUT2D eigenvalue weighted by molar-refractivity contribution is -0.141. The van der Waals surface area contributed by atoms with Crippen LogP contribution >= 0.6 is 11.6 Å². The van der Waals surface area contributed by atoms with E-state index in [4.69, 9.17) is 11.6 Å². The van der Waals surface area contributed by atoms with Gasteiger partial charge in [0.2, 0.25) is 15.9 Å². The molecule has 0 aliphatic heterocycles. The van der Waals surface area contributed by atoms with Crippen LogP contribution in [-0.4, -0.2) is 32.1 Å². The summed E-state index contributed by atoms with van der Waals surface area (Å²) in [5.74, 6) is -0.452. The number of nitrogens with one attached hydrogen (secondary N) is 3. The van der Waals surface area contributed by atoms with Gasteiger partial charge in [0.15, 0.2) is 0 Å². The van der Waals surface area contributed by atoms with E-state index in [0.717, 1.165) is 12.3 Å². The molecule has 174 valence electrons. The quantitative estimate of drug-likeness (QED) is 0.456. The molecular weight excluding hydrogens is 469 g/mol. The molecule has 0 saturated heterocycles. The zero-order valence-electron chi connectivity index (χ0n) is 17.3. The first kappa shape index (κ1) is 25.5. The van der Waals surface area contributed by atoms with E-state index in [2.05, 4.69) is 20.3 Å². The molecule has 1 amide bonds. The number of carbonyl (C=O) groups is 1. The summed E-state index contributed by atoms with van der Waals surface area (Å²) in [7, 11) is -3.48. The van der Waals surface area contributed by atoms with Crippen molar-refractivity contribution in [2.24, 2.45) is 0 Å². The Balaban J connectivity index is 2.06. The molecule has 2 aromatic rings. The van der Waals surface area contributed by atoms with E-state index in [1.807, 2.05) is 6.92 Å². The van der Waals surface area contributed by atoms with Crippen molar-refractivity contribution in [3.8, 4) is 0 Å². The monoisotopic (exact) mass is 490 g/mol. The highest BCUT2D eigenvalue weighted by molar-refractivity contribution is 7.92. The maximum atomic E-state index is 12.9. The van der Waals surface area contributed by atoms with Crippen LogP contribution in [0.3, 0.4) is 0 Å². The second-order valence-electron chi connectivity index (χ2n) is 6.80. The number of halogens is 4. The second kappa shape index (κ2) is 10.7. The molecule has 12 heteroatoms. The van der Waals surface area contributed by atoms with E-state index in [9.17, 15) is 26.4 Å². The molecule has 32 heavy (non-hydrogen) atoms. The van der Waals surface area contributed by atoms with Gasteiger partial charge in [-0.15, -0.1) is 0 Å². The van der Waals surface area contributed by atoms with Gasteiger partial charge in [-0.25, -0.2) is 13.4 Å². The van der Waals surface area contributed by atoms with Gasteiger partial charge in [-0.1, -0.05) is 24.6 Å². The zero-order valence-corrected chi connectivity index (χ0v) is 18.8. The van der Waals surface area contributed by atoms with Crippen molar-refractivity contribution in [2.75, 3.05) is 22.8 Å². The molecule has 0 radical (unpaired) electrons. The number of hydrogen-bond acceptors (Lipinski definition) is 5. The minimum atomic E-state index is -4.57. The van der Waals surface area contributed by atoms with Crippen molar-refractivity contribution in [1.29, 1.82) is 0 Å². The van der Waals surface area contributed by atoms with Crippen molar-refractivity contribution < 1.29 is 26.4 Å². The Morgan fingerprint density at radius 3 is 2.53 bits per heavy atom. The number of benzene rings is 1. The van der Waals surface area contributed by atoms with Crippen LogP contribution in [0.25, 0.3) is 6.08 Å².